The molecule has 1 aromatic carbocycles. The lowest BCUT2D eigenvalue weighted by Crippen LogP contribution is -2.25. The Morgan fingerprint density at radius 1 is 1.08 bits per heavy atom. The Hall–Kier alpha value is -1.65. The molecule has 0 unspecified atom stereocenters. The number of halogens is 1. The van der Waals surface area contributed by atoms with E-state index in [9.17, 15) is 9.59 Å². The molecule has 0 bridgehead atoms. The molecule has 5 heteroatoms. The molecule has 1 aromatic heterocycles. The number of hydrogen-bond acceptors (Lipinski definition) is 3. The predicted octanol–water partition coefficient (Wildman–Crippen LogP) is 5.77. The summed E-state index contributed by atoms with van der Waals surface area (Å²) in [4.78, 5) is 26.6. The number of rotatable bonds is 4. The highest BCUT2D eigenvalue weighted by Gasteiger charge is 2.26. The minimum absolute atomic E-state index is 0.0473. The Kier molecular flexibility index (Phi) is 5.60. The molecule has 1 saturated carbocycles. The van der Waals surface area contributed by atoms with Gasteiger partial charge in [0, 0.05) is 21.4 Å². The largest absolute Gasteiger partial charge is 0.317 e. The number of thiophene rings is 1. The summed E-state index contributed by atoms with van der Waals surface area (Å²) >= 11 is 7.40. The van der Waals surface area contributed by atoms with Crippen molar-refractivity contribution >= 4 is 39.6 Å². The van der Waals surface area contributed by atoms with Crippen LogP contribution in [0.1, 0.15) is 58.5 Å². The van der Waals surface area contributed by atoms with E-state index in [4.69, 9.17) is 11.6 Å². The maximum Gasteiger partial charge on any atom is 0.228 e. The highest BCUT2D eigenvalue weighted by Crippen LogP contribution is 2.35. The first-order valence-corrected chi connectivity index (χ1v) is 9.88. The number of hydrogen-bond donors (Lipinski definition) is 1. The lowest BCUT2D eigenvalue weighted by Gasteiger charge is -2.20. The van der Waals surface area contributed by atoms with Crippen LogP contribution in [0.15, 0.2) is 24.3 Å². The van der Waals surface area contributed by atoms with Crippen molar-refractivity contribution in [2.75, 3.05) is 5.32 Å². The van der Waals surface area contributed by atoms with E-state index >= 15 is 0 Å². The summed E-state index contributed by atoms with van der Waals surface area (Å²) in [5.74, 6) is 0.0403. The van der Waals surface area contributed by atoms with Crippen molar-refractivity contribution in [2.24, 2.45) is 5.92 Å². The van der Waals surface area contributed by atoms with Gasteiger partial charge in [0.15, 0.2) is 5.78 Å². The number of benzene rings is 1. The fraction of sp³-hybridized carbons (Fsp3) is 0.400. The molecule has 2 aromatic rings. The zero-order valence-corrected chi connectivity index (χ0v) is 16.1. The molecule has 3 rings (SSSR count). The van der Waals surface area contributed by atoms with Crippen LogP contribution in [0.4, 0.5) is 5.00 Å². The highest BCUT2D eigenvalue weighted by molar-refractivity contribution is 7.16. The minimum atomic E-state index is -0.0718. The van der Waals surface area contributed by atoms with Crippen LogP contribution in [0.3, 0.4) is 0 Å². The summed E-state index contributed by atoms with van der Waals surface area (Å²) in [6.07, 6.45) is 5.31. The van der Waals surface area contributed by atoms with Crippen molar-refractivity contribution in [3.05, 3.63) is 50.9 Å². The zero-order chi connectivity index (χ0) is 18.0. The molecule has 3 nitrogen and oxygen atoms in total. The fourth-order valence-corrected chi connectivity index (χ4v) is 4.50. The van der Waals surface area contributed by atoms with Crippen molar-refractivity contribution < 1.29 is 9.59 Å². The van der Waals surface area contributed by atoms with Gasteiger partial charge in [0.1, 0.15) is 5.00 Å². The van der Waals surface area contributed by atoms with Gasteiger partial charge in [-0.25, -0.2) is 0 Å². The van der Waals surface area contributed by atoms with Crippen LogP contribution in [0.25, 0.3) is 0 Å². The molecule has 1 aliphatic carbocycles. The van der Waals surface area contributed by atoms with Gasteiger partial charge in [0.2, 0.25) is 5.91 Å². The van der Waals surface area contributed by atoms with Gasteiger partial charge < -0.3 is 5.32 Å². The van der Waals surface area contributed by atoms with E-state index in [2.05, 4.69) is 5.32 Å². The molecule has 1 fully saturated rings. The zero-order valence-electron chi connectivity index (χ0n) is 14.5. The Bertz CT molecular complexity index is 789. The van der Waals surface area contributed by atoms with Gasteiger partial charge in [0.05, 0.1) is 5.56 Å². The molecule has 25 heavy (non-hydrogen) atoms. The SMILES string of the molecule is Cc1sc(NC(=O)C2CCCCC2)c(C(=O)c2ccc(Cl)cc2)c1C. The molecule has 0 saturated heterocycles. The van der Waals surface area contributed by atoms with E-state index in [1.165, 1.54) is 17.8 Å². The van der Waals surface area contributed by atoms with E-state index in [1.54, 1.807) is 24.3 Å². The first-order valence-electron chi connectivity index (χ1n) is 8.68. The number of amides is 1. The van der Waals surface area contributed by atoms with Crippen LogP contribution in [0.5, 0.6) is 0 Å². The van der Waals surface area contributed by atoms with E-state index in [0.29, 0.717) is 21.2 Å². The van der Waals surface area contributed by atoms with Gasteiger partial charge in [-0.1, -0.05) is 30.9 Å². The molecule has 0 radical (unpaired) electrons. The maximum atomic E-state index is 13.0. The molecule has 0 spiro atoms. The number of carbonyl (C=O) groups excluding carboxylic acids is 2. The number of ketones is 1. The van der Waals surface area contributed by atoms with E-state index in [0.717, 1.165) is 36.1 Å². The van der Waals surface area contributed by atoms with Gasteiger partial charge in [-0.15, -0.1) is 11.3 Å². The van der Waals surface area contributed by atoms with E-state index in [-0.39, 0.29) is 17.6 Å². The molecule has 132 valence electrons. The number of aryl methyl sites for hydroxylation is 1. The second-order valence-corrected chi connectivity index (χ2v) is 8.31. The topological polar surface area (TPSA) is 46.2 Å². The van der Waals surface area contributed by atoms with Gasteiger partial charge in [-0.05, 0) is 56.5 Å². The van der Waals surface area contributed by atoms with Crippen molar-refractivity contribution in [1.29, 1.82) is 0 Å². The van der Waals surface area contributed by atoms with Crippen LogP contribution in [0.2, 0.25) is 5.02 Å². The standard InChI is InChI=1S/C20H22ClNO2S/c1-12-13(2)25-20(22-19(24)15-6-4-3-5-7-15)17(12)18(23)14-8-10-16(21)11-9-14/h8-11,15H,3-7H2,1-2H3,(H,22,24). The molecule has 1 aliphatic rings. The lowest BCUT2D eigenvalue weighted by atomic mass is 9.88. The first kappa shape index (κ1) is 18.2. The third-order valence-electron chi connectivity index (χ3n) is 4.93. The summed E-state index contributed by atoms with van der Waals surface area (Å²) in [5.41, 5.74) is 2.12. The second kappa shape index (κ2) is 7.71. The number of nitrogens with one attached hydrogen (secondary N) is 1. The highest BCUT2D eigenvalue weighted by atomic mass is 35.5. The van der Waals surface area contributed by atoms with Crippen LogP contribution >= 0.6 is 22.9 Å². The third kappa shape index (κ3) is 3.96. The average molecular weight is 376 g/mol. The second-order valence-electron chi connectivity index (χ2n) is 6.65. The summed E-state index contributed by atoms with van der Waals surface area (Å²) in [6, 6.07) is 6.88. The van der Waals surface area contributed by atoms with Crippen molar-refractivity contribution in [2.45, 2.75) is 46.0 Å². The molecule has 0 aliphatic heterocycles. The monoisotopic (exact) mass is 375 g/mol. The third-order valence-corrected chi connectivity index (χ3v) is 6.31. The molecule has 1 heterocycles. The van der Waals surface area contributed by atoms with E-state index in [1.807, 2.05) is 13.8 Å². The summed E-state index contributed by atoms with van der Waals surface area (Å²) in [6.45, 7) is 3.92. The fourth-order valence-electron chi connectivity index (χ4n) is 3.31. The molecular formula is C20H22ClNO2S. The summed E-state index contributed by atoms with van der Waals surface area (Å²) in [5, 5.41) is 4.31. The van der Waals surface area contributed by atoms with Crippen molar-refractivity contribution in [3.63, 3.8) is 0 Å². The number of anilines is 1. The molecule has 0 atom stereocenters. The Morgan fingerprint density at radius 3 is 2.36 bits per heavy atom. The van der Waals surface area contributed by atoms with Gasteiger partial charge in [-0.3, -0.25) is 9.59 Å². The maximum absolute atomic E-state index is 13.0. The lowest BCUT2D eigenvalue weighted by molar-refractivity contribution is -0.120. The average Bonchev–Trinajstić information content (AvgIpc) is 2.89. The Labute approximate surface area is 157 Å². The van der Waals surface area contributed by atoms with Crippen LogP contribution < -0.4 is 5.32 Å². The molecular weight excluding hydrogens is 354 g/mol. The molecule has 1 N–H and O–H groups in total. The smallest absolute Gasteiger partial charge is 0.228 e. The van der Waals surface area contributed by atoms with Crippen LogP contribution in [0, 0.1) is 19.8 Å². The summed E-state index contributed by atoms with van der Waals surface area (Å²) < 4.78 is 0. The number of carbonyl (C=O) groups is 2. The Balaban J connectivity index is 1.87. The minimum Gasteiger partial charge on any atom is -0.317 e. The van der Waals surface area contributed by atoms with Crippen molar-refractivity contribution in [3.8, 4) is 0 Å². The van der Waals surface area contributed by atoms with Gasteiger partial charge in [-0.2, -0.15) is 0 Å². The van der Waals surface area contributed by atoms with Gasteiger partial charge >= 0.3 is 0 Å². The normalized spacial score (nSPS) is 15.2. The van der Waals surface area contributed by atoms with Crippen LogP contribution in [-0.2, 0) is 4.79 Å². The van der Waals surface area contributed by atoms with E-state index < -0.39 is 0 Å². The predicted molar refractivity (Wildman–Crippen MR) is 104 cm³/mol. The van der Waals surface area contributed by atoms with Crippen molar-refractivity contribution in [1.82, 2.24) is 0 Å². The molecule has 1 amide bonds. The van der Waals surface area contributed by atoms with Gasteiger partial charge in [0.25, 0.3) is 0 Å². The summed E-state index contributed by atoms with van der Waals surface area (Å²) in [7, 11) is 0. The Morgan fingerprint density at radius 2 is 1.72 bits per heavy atom. The van der Waals surface area contributed by atoms with Crippen LogP contribution in [-0.4, -0.2) is 11.7 Å². The first-order chi connectivity index (χ1) is 12.0. The quantitative estimate of drug-likeness (QED) is 0.689.